The average Bonchev–Trinajstić information content (AvgIpc) is 2.51. The highest BCUT2D eigenvalue weighted by atomic mass is 16.6. The molecule has 2 nitrogen and oxygen atoms in total. The van der Waals surface area contributed by atoms with Gasteiger partial charge in [0, 0.05) is 6.08 Å². The average molecular weight is 196 g/mol. The van der Waals surface area contributed by atoms with Gasteiger partial charge in [0.05, 0.1) is 0 Å². The molecule has 0 aromatic rings. The minimum atomic E-state index is -0.388. The van der Waals surface area contributed by atoms with Crippen molar-refractivity contribution >= 4 is 5.97 Å². The van der Waals surface area contributed by atoms with Gasteiger partial charge in [-0.25, -0.2) is 4.79 Å². The van der Waals surface area contributed by atoms with E-state index in [1.165, 1.54) is 6.42 Å². The Morgan fingerprint density at radius 3 is 2.29 bits per heavy atom. The summed E-state index contributed by atoms with van der Waals surface area (Å²) in [6.45, 7) is 10.0. The fourth-order valence-corrected chi connectivity index (χ4v) is 1.37. The van der Waals surface area contributed by atoms with Crippen molar-refractivity contribution in [2.24, 2.45) is 11.3 Å². The molecule has 0 N–H and O–H groups in total. The van der Waals surface area contributed by atoms with Crippen LogP contribution >= 0.6 is 0 Å². The Morgan fingerprint density at radius 2 is 1.93 bits per heavy atom. The summed E-state index contributed by atoms with van der Waals surface area (Å²) in [7, 11) is 0. The maximum atomic E-state index is 11.3. The van der Waals surface area contributed by atoms with Crippen molar-refractivity contribution in [1.29, 1.82) is 0 Å². The first kappa shape index (κ1) is 11.3. The Bertz CT molecular complexity index is 256. The Hall–Kier alpha value is -0.790. The van der Waals surface area contributed by atoms with E-state index in [0.29, 0.717) is 11.3 Å². The van der Waals surface area contributed by atoms with Gasteiger partial charge in [-0.3, -0.25) is 0 Å². The zero-order chi connectivity index (χ0) is 11.0. The number of ether oxygens (including phenoxy) is 1. The van der Waals surface area contributed by atoms with Crippen LogP contribution in [0.25, 0.3) is 0 Å². The molecule has 0 unspecified atom stereocenters. The molecule has 1 atom stereocenters. The van der Waals surface area contributed by atoms with E-state index in [9.17, 15) is 4.79 Å². The number of allylic oxidation sites excluding steroid dienone is 1. The first-order valence-electron chi connectivity index (χ1n) is 5.12. The lowest BCUT2D eigenvalue weighted by Crippen LogP contribution is -2.22. The summed E-state index contributed by atoms with van der Waals surface area (Å²) in [4.78, 5) is 11.3. The second-order valence-electron chi connectivity index (χ2n) is 5.69. The molecule has 1 fully saturated rings. The van der Waals surface area contributed by atoms with Crippen LogP contribution in [0.4, 0.5) is 0 Å². The Morgan fingerprint density at radius 1 is 1.43 bits per heavy atom. The van der Waals surface area contributed by atoms with Crippen LogP contribution in [-0.2, 0) is 9.53 Å². The molecular weight excluding hydrogens is 176 g/mol. The first-order valence-corrected chi connectivity index (χ1v) is 5.12. The summed E-state index contributed by atoms with van der Waals surface area (Å²) in [6.07, 6.45) is 4.70. The Labute approximate surface area is 86.3 Å². The van der Waals surface area contributed by atoms with Crippen LogP contribution in [0.2, 0.25) is 0 Å². The van der Waals surface area contributed by atoms with Gasteiger partial charge in [-0.15, -0.1) is 0 Å². The van der Waals surface area contributed by atoms with Crippen LogP contribution in [0.1, 0.15) is 41.0 Å². The highest BCUT2D eigenvalue weighted by Gasteiger charge is 2.43. The summed E-state index contributed by atoms with van der Waals surface area (Å²) in [6, 6.07) is 0. The number of carbonyl (C=O) groups is 1. The van der Waals surface area contributed by atoms with Gasteiger partial charge >= 0.3 is 5.97 Å². The standard InChI is InChI=1S/C12H20O2/c1-11(2,3)14-10(13)7-6-9-8-12(9,4)5/h6-7,9H,8H2,1-5H3/b7-6-/t9-/m0/s1. The molecule has 0 radical (unpaired) electrons. The van der Waals surface area contributed by atoms with Gasteiger partial charge in [0.25, 0.3) is 0 Å². The predicted molar refractivity (Wildman–Crippen MR) is 56.9 cm³/mol. The summed E-state index contributed by atoms with van der Waals surface area (Å²) in [5.74, 6) is 0.315. The van der Waals surface area contributed by atoms with Gasteiger partial charge in [-0.1, -0.05) is 19.9 Å². The molecule has 1 aliphatic rings. The highest BCUT2D eigenvalue weighted by Crippen LogP contribution is 2.52. The number of esters is 1. The fraction of sp³-hybridized carbons (Fsp3) is 0.750. The molecule has 0 amide bonds. The third-order valence-electron chi connectivity index (χ3n) is 2.46. The molecule has 0 aliphatic heterocycles. The number of carbonyl (C=O) groups excluding carboxylic acids is 1. The van der Waals surface area contributed by atoms with E-state index in [0.717, 1.165) is 0 Å². The van der Waals surface area contributed by atoms with E-state index >= 15 is 0 Å². The molecular formula is C12H20O2. The van der Waals surface area contributed by atoms with E-state index < -0.39 is 0 Å². The summed E-state index contributed by atoms with van der Waals surface area (Å²) in [5.41, 5.74) is -0.000987. The number of hydrogen-bond acceptors (Lipinski definition) is 2. The quantitative estimate of drug-likeness (QED) is 0.501. The predicted octanol–water partition coefficient (Wildman–Crippen LogP) is 2.93. The second kappa shape index (κ2) is 3.41. The molecule has 0 aromatic heterocycles. The van der Waals surface area contributed by atoms with Gasteiger partial charge in [-0.2, -0.15) is 0 Å². The van der Waals surface area contributed by atoms with Crippen molar-refractivity contribution in [2.75, 3.05) is 0 Å². The van der Waals surface area contributed by atoms with E-state index in [1.807, 2.05) is 26.8 Å². The summed E-state index contributed by atoms with van der Waals surface area (Å²) >= 11 is 0. The molecule has 1 rings (SSSR count). The highest BCUT2D eigenvalue weighted by molar-refractivity contribution is 5.82. The van der Waals surface area contributed by atoms with Gasteiger partial charge in [-0.05, 0) is 38.5 Å². The minimum Gasteiger partial charge on any atom is -0.457 e. The van der Waals surface area contributed by atoms with Crippen LogP contribution < -0.4 is 0 Å². The van der Waals surface area contributed by atoms with E-state index in [-0.39, 0.29) is 11.6 Å². The third-order valence-corrected chi connectivity index (χ3v) is 2.46. The lowest BCUT2D eigenvalue weighted by Gasteiger charge is -2.17. The molecule has 0 aromatic carbocycles. The SMILES string of the molecule is CC(C)(C)OC(=O)/C=C\[C@H]1CC1(C)C. The maximum Gasteiger partial charge on any atom is 0.330 e. The second-order valence-corrected chi connectivity index (χ2v) is 5.69. The van der Waals surface area contributed by atoms with Crippen molar-refractivity contribution in [3.8, 4) is 0 Å². The largest absolute Gasteiger partial charge is 0.457 e. The van der Waals surface area contributed by atoms with Crippen molar-refractivity contribution in [2.45, 2.75) is 46.6 Å². The molecule has 0 spiro atoms. The van der Waals surface area contributed by atoms with Crippen molar-refractivity contribution in [3.63, 3.8) is 0 Å². The van der Waals surface area contributed by atoms with Crippen LogP contribution in [0.15, 0.2) is 12.2 Å². The van der Waals surface area contributed by atoms with Crippen LogP contribution in [-0.4, -0.2) is 11.6 Å². The Kier molecular flexibility index (Phi) is 2.75. The molecule has 2 heteroatoms. The third kappa shape index (κ3) is 3.52. The normalized spacial score (nSPS) is 25.1. The van der Waals surface area contributed by atoms with E-state index in [4.69, 9.17) is 4.74 Å². The van der Waals surface area contributed by atoms with Gasteiger partial charge < -0.3 is 4.74 Å². The van der Waals surface area contributed by atoms with Crippen LogP contribution in [0.3, 0.4) is 0 Å². The summed E-state index contributed by atoms with van der Waals surface area (Å²) in [5, 5.41) is 0. The molecule has 14 heavy (non-hydrogen) atoms. The van der Waals surface area contributed by atoms with E-state index in [2.05, 4.69) is 13.8 Å². The minimum absolute atomic E-state index is 0.236. The smallest absolute Gasteiger partial charge is 0.330 e. The monoisotopic (exact) mass is 196 g/mol. The lowest BCUT2D eigenvalue weighted by molar-refractivity contribution is -0.148. The van der Waals surface area contributed by atoms with Crippen LogP contribution in [0, 0.1) is 11.3 Å². The molecule has 0 bridgehead atoms. The zero-order valence-electron chi connectivity index (χ0n) is 9.76. The molecule has 80 valence electrons. The van der Waals surface area contributed by atoms with Gasteiger partial charge in [0.1, 0.15) is 5.60 Å². The Balaban J connectivity index is 2.35. The van der Waals surface area contributed by atoms with Crippen molar-refractivity contribution in [3.05, 3.63) is 12.2 Å². The maximum absolute atomic E-state index is 11.3. The lowest BCUT2D eigenvalue weighted by atomic mass is 10.1. The molecule has 0 saturated heterocycles. The number of hydrogen-bond donors (Lipinski definition) is 0. The molecule has 0 heterocycles. The van der Waals surface area contributed by atoms with Gasteiger partial charge in [0.2, 0.25) is 0 Å². The zero-order valence-corrected chi connectivity index (χ0v) is 9.76. The van der Waals surface area contributed by atoms with E-state index in [1.54, 1.807) is 6.08 Å². The molecule has 1 aliphatic carbocycles. The van der Waals surface area contributed by atoms with Crippen molar-refractivity contribution in [1.82, 2.24) is 0 Å². The first-order chi connectivity index (χ1) is 6.21. The number of rotatable bonds is 2. The topological polar surface area (TPSA) is 26.3 Å². The fourth-order valence-electron chi connectivity index (χ4n) is 1.37. The summed E-state index contributed by atoms with van der Waals surface area (Å²) < 4.78 is 5.16. The van der Waals surface area contributed by atoms with Crippen molar-refractivity contribution < 1.29 is 9.53 Å². The van der Waals surface area contributed by atoms with Crippen LogP contribution in [0.5, 0.6) is 0 Å². The molecule has 1 saturated carbocycles. The van der Waals surface area contributed by atoms with Gasteiger partial charge in [0.15, 0.2) is 0 Å².